The van der Waals surface area contributed by atoms with Gasteiger partial charge in [-0.1, -0.05) is 24.3 Å². The zero-order chi connectivity index (χ0) is 9.80. The van der Waals surface area contributed by atoms with Crippen LogP contribution in [-0.4, -0.2) is 27.3 Å². The fourth-order valence-electron chi connectivity index (χ4n) is 1.17. The first-order valence-corrected chi connectivity index (χ1v) is 4.15. The fourth-order valence-corrected chi connectivity index (χ4v) is 1.17. The molecule has 0 fully saturated rings. The largest absolute Gasteiger partial charge is 0.296 e. The van der Waals surface area contributed by atoms with E-state index in [2.05, 4.69) is 32.3 Å². The number of aliphatic imine (C=N–C) groups is 1. The molecule has 5 nitrogen and oxygen atoms in total. The maximum atomic E-state index is 3.88. The van der Waals surface area contributed by atoms with Crippen LogP contribution in [0.4, 0.5) is 0 Å². The summed E-state index contributed by atoms with van der Waals surface area (Å²) in [5.41, 5.74) is 2.05. The first-order valence-electron chi connectivity index (χ1n) is 4.15. The Labute approximate surface area is 80.9 Å². The van der Waals surface area contributed by atoms with E-state index in [4.69, 9.17) is 0 Å². The van der Waals surface area contributed by atoms with Gasteiger partial charge in [-0.25, -0.2) is 0 Å². The number of rotatable bonds is 3. The lowest BCUT2D eigenvalue weighted by Crippen LogP contribution is -1.84. The van der Waals surface area contributed by atoms with Gasteiger partial charge in [0.2, 0.25) is 5.82 Å². The summed E-state index contributed by atoms with van der Waals surface area (Å²) in [6.07, 6.45) is 0. The van der Waals surface area contributed by atoms with E-state index in [0.29, 0.717) is 12.4 Å². The number of benzene rings is 1. The number of nitrogens with one attached hydrogen (secondary N) is 1. The fraction of sp³-hybridized carbons (Fsp3) is 0.111. The molecule has 0 atom stereocenters. The molecule has 1 heterocycles. The Kier molecular flexibility index (Phi) is 2.31. The number of H-pyrrole nitrogens is 1. The van der Waals surface area contributed by atoms with Crippen LogP contribution in [0, 0.1) is 0 Å². The summed E-state index contributed by atoms with van der Waals surface area (Å²) in [5.74, 6) is 0.600. The summed E-state index contributed by atoms with van der Waals surface area (Å²) in [6.45, 7) is 4.07. The van der Waals surface area contributed by atoms with E-state index in [-0.39, 0.29) is 0 Å². The SMILES string of the molecule is C=NCc1ccc(-c2nn[nH]n2)cc1. The normalized spacial score (nSPS) is 10.0. The molecule has 0 bridgehead atoms. The van der Waals surface area contributed by atoms with Crippen LogP contribution in [0.25, 0.3) is 11.4 Å². The van der Waals surface area contributed by atoms with Crippen molar-refractivity contribution in [2.45, 2.75) is 6.54 Å². The third kappa shape index (κ3) is 1.66. The van der Waals surface area contributed by atoms with Gasteiger partial charge in [0.05, 0.1) is 6.54 Å². The third-order valence-electron chi connectivity index (χ3n) is 1.85. The van der Waals surface area contributed by atoms with E-state index in [9.17, 15) is 0 Å². The van der Waals surface area contributed by atoms with Gasteiger partial charge in [-0.05, 0) is 17.5 Å². The molecular formula is C9H9N5. The Hall–Kier alpha value is -2.04. The molecule has 5 heteroatoms. The molecule has 2 aromatic rings. The molecule has 0 aliphatic rings. The predicted molar refractivity (Wildman–Crippen MR) is 52.9 cm³/mol. The number of hydrogen-bond acceptors (Lipinski definition) is 4. The summed E-state index contributed by atoms with van der Waals surface area (Å²) in [5, 5.41) is 13.7. The second-order valence-electron chi connectivity index (χ2n) is 2.81. The number of tetrazole rings is 1. The summed E-state index contributed by atoms with van der Waals surface area (Å²) >= 11 is 0. The summed E-state index contributed by atoms with van der Waals surface area (Å²) < 4.78 is 0. The van der Waals surface area contributed by atoms with Crippen molar-refractivity contribution in [3.8, 4) is 11.4 Å². The van der Waals surface area contributed by atoms with E-state index in [0.717, 1.165) is 11.1 Å². The van der Waals surface area contributed by atoms with E-state index in [1.165, 1.54) is 0 Å². The maximum Gasteiger partial charge on any atom is 0.204 e. The van der Waals surface area contributed by atoms with E-state index < -0.39 is 0 Å². The standard InChI is InChI=1S/C9H9N5/c1-10-6-7-2-4-8(5-3-7)9-11-13-14-12-9/h2-5H,1,6H2,(H,11,12,13,14). The zero-order valence-corrected chi connectivity index (χ0v) is 7.51. The van der Waals surface area contributed by atoms with Crippen LogP contribution >= 0.6 is 0 Å². The molecule has 2 rings (SSSR count). The lowest BCUT2D eigenvalue weighted by Gasteiger charge is -1.97. The van der Waals surface area contributed by atoms with Gasteiger partial charge in [0.25, 0.3) is 0 Å². The van der Waals surface area contributed by atoms with Crippen molar-refractivity contribution in [1.29, 1.82) is 0 Å². The van der Waals surface area contributed by atoms with E-state index in [1.807, 2.05) is 24.3 Å². The van der Waals surface area contributed by atoms with Crippen LogP contribution in [0.2, 0.25) is 0 Å². The zero-order valence-electron chi connectivity index (χ0n) is 7.51. The van der Waals surface area contributed by atoms with Crippen LogP contribution in [0.3, 0.4) is 0 Å². The molecule has 0 radical (unpaired) electrons. The molecule has 0 spiro atoms. The predicted octanol–water partition coefficient (Wildman–Crippen LogP) is 1.07. The van der Waals surface area contributed by atoms with Crippen molar-refractivity contribution in [3.05, 3.63) is 29.8 Å². The number of aromatic amines is 1. The third-order valence-corrected chi connectivity index (χ3v) is 1.85. The van der Waals surface area contributed by atoms with Crippen LogP contribution in [0.1, 0.15) is 5.56 Å². The molecule has 0 saturated heterocycles. The molecule has 1 N–H and O–H groups in total. The average molecular weight is 187 g/mol. The van der Waals surface area contributed by atoms with Crippen molar-refractivity contribution in [3.63, 3.8) is 0 Å². The Balaban J connectivity index is 2.26. The van der Waals surface area contributed by atoms with Crippen molar-refractivity contribution >= 4 is 6.72 Å². The lowest BCUT2D eigenvalue weighted by molar-refractivity contribution is 0.881. The number of nitrogens with zero attached hydrogens (tertiary/aromatic N) is 4. The Morgan fingerprint density at radius 3 is 2.64 bits per heavy atom. The van der Waals surface area contributed by atoms with E-state index in [1.54, 1.807) is 0 Å². The summed E-state index contributed by atoms with van der Waals surface area (Å²) in [7, 11) is 0. The number of hydrogen-bond donors (Lipinski definition) is 1. The first kappa shape index (κ1) is 8.55. The minimum Gasteiger partial charge on any atom is -0.296 e. The van der Waals surface area contributed by atoms with Gasteiger partial charge in [0.15, 0.2) is 0 Å². The molecular weight excluding hydrogens is 178 g/mol. The highest BCUT2D eigenvalue weighted by Gasteiger charge is 2.01. The van der Waals surface area contributed by atoms with Crippen molar-refractivity contribution in [2.24, 2.45) is 4.99 Å². The highest BCUT2D eigenvalue weighted by atomic mass is 15.5. The molecule has 0 unspecified atom stereocenters. The summed E-state index contributed by atoms with van der Waals surface area (Å²) in [6, 6.07) is 7.82. The Morgan fingerprint density at radius 2 is 2.07 bits per heavy atom. The smallest absolute Gasteiger partial charge is 0.204 e. The van der Waals surface area contributed by atoms with Crippen LogP contribution in [-0.2, 0) is 6.54 Å². The topological polar surface area (TPSA) is 66.8 Å². The molecule has 1 aromatic heterocycles. The minimum absolute atomic E-state index is 0.600. The van der Waals surface area contributed by atoms with Gasteiger partial charge in [0.1, 0.15) is 0 Å². The molecule has 0 aliphatic heterocycles. The highest BCUT2D eigenvalue weighted by Crippen LogP contribution is 2.14. The highest BCUT2D eigenvalue weighted by molar-refractivity contribution is 5.54. The van der Waals surface area contributed by atoms with Gasteiger partial charge < -0.3 is 0 Å². The monoisotopic (exact) mass is 187 g/mol. The number of aromatic nitrogens is 4. The average Bonchev–Trinajstić information content (AvgIpc) is 2.72. The molecule has 1 aromatic carbocycles. The lowest BCUT2D eigenvalue weighted by atomic mass is 10.1. The molecule has 70 valence electrons. The minimum atomic E-state index is 0.600. The van der Waals surface area contributed by atoms with Crippen molar-refractivity contribution in [1.82, 2.24) is 20.6 Å². The molecule has 0 aliphatic carbocycles. The second-order valence-corrected chi connectivity index (χ2v) is 2.81. The second kappa shape index (κ2) is 3.78. The van der Waals surface area contributed by atoms with Crippen LogP contribution < -0.4 is 0 Å². The van der Waals surface area contributed by atoms with Gasteiger partial charge in [-0.3, -0.25) is 4.99 Å². The molecule has 14 heavy (non-hydrogen) atoms. The Morgan fingerprint density at radius 1 is 1.29 bits per heavy atom. The van der Waals surface area contributed by atoms with Gasteiger partial charge in [-0.15, -0.1) is 10.2 Å². The quantitative estimate of drug-likeness (QED) is 0.731. The van der Waals surface area contributed by atoms with Crippen molar-refractivity contribution in [2.75, 3.05) is 0 Å². The molecule has 0 saturated carbocycles. The van der Waals surface area contributed by atoms with Gasteiger partial charge in [-0.2, -0.15) is 5.21 Å². The van der Waals surface area contributed by atoms with E-state index >= 15 is 0 Å². The van der Waals surface area contributed by atoms with Crippen LogP contribution in [0.5, 0.6) is 0 Å². The Bertz CT molecular complexity index is 403. The summed E-state index contributed by atoms with van der Waals surface area (Å²) in [4.78, 5) is 3.80. The first-order chi connectivity index (χ1) is 6.90. The van der Waals surface area contributed by atoms with Gasteiger partial charge >= 0.3 is 0 Å². The molecule has 0 amide bonds. The van der Waals surface area contributed by atoms with Crippen molar-refractivity contribution < 1.29 is 0 Å². The maximum absolute atomic E-state index is 3.88. The van der Waals surface area contributed by atoms with Crippen LogP contribution in [0.15, 0.2) is 29.3 Å². The van der Waals surface area contributed by atoms with Gasteiger partial charge in [0, 0.05) is 5.56 Å².